The first-order chi connectivity index (χ1) is 9.18. The van der Waals surface area contributed by atoms with E-state index in [0.717, 1.165) is 24.3 Å². The van der Waals surface area contributed by atoms with Gasteiger partial charge in [-0.05, 0) is 31.2 Å². The summed E-state index contributed by atoms with van der Waals surface area (Å²) < 4.78 is 64.7. The summed E-state index contributed by atoms with van der Waals surface area (Å²) in [5, 5.41) is 3.46. The van der Waals surface area contributed by atoms with Crippen LogP contribution in [0, 0.1) is 6.92 Å². The molecule has 0 atom stereocenters. The van der Waals surface area contributed by atoms with Crippen LogP contribution in [0.2, 0.25) is 0 Å². The SMILES string of the molecule is Cc1cc(NS(=O)(=O)c2ccc(S(=O)(=O)F)cc2)no1. The zero-order valence-corrected chi connectivity index (χ0v) is 11.7. The summed E-state index contributed by atoms with van der Waals surface area (Å²) in [6.07, 6.45) is 0. The van der Waals surface area contributed by atoms with Crippen molar-refractivity contribution in [3.05, 3.63) is 36.1 Å². The van der Waals surface area contributed by atoms with Gasteiger partial charge in [0.05, 0.1) is 9.79 Å². The molecule has 0 radical (unpaired) electrons. The molecule has 0 fully saturated rings. The number of sulfonamides is 1. The second-order valence-corrected chi connectivity index (χ2v) is 6.87. The van der Waals surface area contributed by atoms with E-state index in [1.54, 1.807) is 6.92 Å². The van der Waals surface area contributed by atoms with E-state index in [1.807, 2.05) is 0 Å². The summed E-state index contributed by atoms with van der Waals surface area (Å²) in [4.78, 5) is -0.848. The molecule has 2 aromatic rings. The van der Waals surface area contributed by atoms with Gasteiger partial charge in [0.15, 0.2) is 5.82 Å². The van der Waals surface area contributed by atoms with Gasteiger partial charge in [0.2, 0.25) is 0 Å². The minimum absolute atomic E-state index is 0.00955. The molecule has 0 saturated carbocycles. The molecule has 1 aromatic heterocycles. The fraction of sp³-hybridized carbons (Fsp3) is 0.100. The van der Waals surface area contributed by atoms with Crippen LogP contribution in [0.1, 0.15) is 5.76 Å². The standard InChI is InChI=1S/C10H9FN2O5S2/c1-7-6-10(12-18-7)13-20(16,17)9-4-2-8(3-5-9)19(11,14)15/h2-6H,1H3,(H,12,13). The lowest BCUT2D eigenvalue weighted by atomic mass is 10.4. The first-order valence-electron chi connectivity index (χ1n) is 5.19. The Morgan fingerprint density at radius 2 is 1.65 bits per heavy atom. The predicted octanol–water partition coefficient (Wildman–Crippen LogP) is 1.44. The van der Waals surface area contributed by atoms with Crippen molar-refractivity contribution in [1.82, 2.24) is 5.16 Å². The summed E-state index contributed by atoms with van der Waals surface area (Å²) in [6, 6.07) is 5.04. The lowest BCUT2D eigenvalue weighted by Crippen LogP contribution is -2.13. The Morgan fingerprint density at radius 1 is 1.10 bits per heavy atom. The van der Waals surface area contributed by atoms with Crippen molar-refractivity contribution in [3.8, 4) is 0 Å². The Bertz CT molecular complexity index is 825. The largest absolute Gasteiger partial charge is 0.360 e. The highest BCUT2D eigenvalue weighted by Crippen LogP contribution is 2.19. The van der Waals surface area contributed by atoms with Crippen LogP contribution >= 0.6 is 0 Å². The molecule has 0 aliphatic rings. The minimum atomic E-state index is -4.86. The number of aryl methyl sites for hydroxylation is 1. The van der Waals surface area contributed by atoms with E-state index in [9.17, 15) is 20.7 Å². The van der Waals surface area contributed by atoms with Crippen LogP contribution in [0.25, 0.3) is 0 Å². The molecule has 1 heterocycles. The number of anilines is 1. The van der Waals surface area contributed by atoms with Crippen LogP contribution in [-0.4, -0.2) is 22.0 Å². The number of nitrogens with zero attached hydrogens (tertiary/aromatic N) is 1. The second-order valence-electron chi connectivity index (χ2n) is 3.84. The molecule has 0 bridgehead atoms. The van der Waals surface area contributed by atoms with Crippen LogP contribution < -0.4 is 4.72 Å². The van der Waals surface area contributed by atoms with E-state index in [4.69, 9.17) is 4.52 Å². The van der Waals surface area contributed by atoms with Gasteiger partial charge < -0.3 is 4.52 Å². The van der Waals surface area contributed by atoms with Crippen molar-refractivity contribution in [2.45, 2.75) is 16.7 Å². The van der Waals surface area contributed by atoms with E-state index >= 15 is 0 Å². The van der Waals surface area contributed by atoms with Crippen LogP contribution in [0.3, 0.4) is 0 Å². The Morgan fingerprint density at radius 3 is 2.10 bits per heavy atom. The Kier molecular flexibility index (Phi) is 3.52. The van der Waals surface area contributed by atoms with E-state index in [-0.39, 0.29) is 10.7 Å². The molecule has 1 N–H and O–H groups in total. The molecule has 0 aliphatic heterocycles. The quantitative estimate of drug-likeness (QED) is 0.854. The topological polar surface area (TPSA) is 106 Å². The van der Waals surface area contributed by atoms with Gasteiger partial charge in [0.25, 0.3) is 10.0 Å². The Balaban J connectivity index is 2.30. The molecule has 0 saturated heterocycles. The van der Waals surface area contributed by atoms with Crippen molar-refractivity contribution in [2.24, 2.45) is 0 Å². The number of nitrogens with one attached hydrogen (secondary N) is 1. The van der Waals surface area contributed by atoms with Crippen molar-refractivity contribution in [3.63, 3.8) is 0 Å². The third-order valence-electron chi connectivity index (χ3n) is 2.28. The molecule has 0 unspecified atom stereocenters. The van der Waals surface area contributed by atoms with Crippen LogP contribution in [0.5, 0.6) is 0 Å². The number of benzene rings is 1. The second kappa shape index (κ2) is 4.87. The number of halogens is 1. The van der Waals surface area contributed by atoms with Crippen LogP contribution in [0.4, 0.5) is 9.70 Å². The van der Waals surface area contributed by atoms with Crippen LogP contribution in [0.15, 0.2) is 44.6 Å². The highest BCUT2D eigenvalue weighted by atomic mass is 32.3. The van der Waals surface area contributed by atoms with Crippen molar-refractivity contribution in [1.29, 1.82) is 0 Å². The fourth-order valence-corrected chi connectivity index (χ4v) is 2.84. The summed E-state index contributed by atoms with van der Waals surface area (Å²) in [7, 11) is -8.82. The summed E-state index contributed by atoms with van der Waals surface area (Å²) in [5.41, 5.74) is 0. The van der Waals surface area contributed by atoms with E-state index in [0.29, 0.717) is 5.76 Å². The molecule has 7 nitrogen and oxygen atoms in total. The van der Waals surface area contributed by atoms with Gasteiger partial charge in [-0.15, -0.1) is 3.89 Å². The molecule has 0 spiro atoms. The Labute approximate surface area is 114 Å². The van der Waals surface area contributed by atoms with E-state index < -0.39 is 25.1 Å². The normalized spacial score (nSPS) is 12.3. The smallest absolute Gasteiger partial charge is 0.332 e. The summed E-state index contributed by atoms with van der Waals surface area (Å²) in [6.45, 7) is 1.59. The molecule has 10 heteroatoms. The lowest BCUT2D eigenvalue weighted by Gasteiger charge is -2.04. The summed E-state index contributed by atoms with van der Waals surface area (Å²) in [5.74, 6) is 0.409. The van der Waals surface area contributed by atoms with Gasteiger partial charge in [0.1, 0.15) is 5.76 Å². The zero-order valence-electron chi connectivity index (χ0n) is 10.1. The first kappa shape index (κ1) is 14.5. The molecule has 0 aliphatic carbocycles. The molecular weight excluding hydrogens is 311 g/mol. The average molecular weight is 320 g/mol. The maximum absolute atomic E-state index is 12.7. The lowest BCUT2D eigenvalue weighted by molar-refractivity contribution is 0.400. The monoisotopic (exact) mass is 320 g/mol. The number of rotatable bonds is 4. The molecule has 108 valence electrons. The number of hydrogen-bond acceptors (Lipinski definition) is 6. The highest BCUT2D eigenvalue weighted by molar-refractivity contribution is 7.92. The molecular formula is C10H9FN2O5S2. The predicted molar refractivity (Wildman–Crippen MR) is 66.8 cm³/mol. The third-order valence-corrected chi connectivity index (χ3v) is 4.49. The van der Waals surface area contributed by atoms with Crippen molar-refractivity contribution < 1.29 is 25.2 Å². The van der Waals surface area contributed by atoms with Gasteiger partial charge in [-0.2, -0.15) is 8.42 Å². The molecule has 0 amide bonds. The zero-order chi connectivity index (χ0) is 15.0. The molecule has 20 heavy (non-hydrogen) atoms. The average Bonchev–Trinajstić information content (AvgIpc) is 2.73. The molecule has 1 aromatic carbocycles. The van der Waals surface area contributed by atoms with E-state index in [2.05, 4.69) is 9.88 Å². The maximum atomic E-state index is 12.7. The Hall–Kier alpha value is -1.94. The number of hydrogen-bond donors (Lipinski definition) is 1. The van der Waals surface area contributed by atoms with Crippen molar-refractivity contribution in [2.75, 3.05) is 4.72 Å². The van der Waals surface area contributed by atoms with Gasteiger partial charge in [-0.25, -0.2) is 8.42 Å². The maximum Gasteiger partial charge on any atom is 0.332 e. The first-order valence-corrected chi connectivity index (χ1v) is 8.06. The van der Waals surface area contributed by atoms with E-state index in [1.165, 1.54) is 6.07 Å². The minimum Gasteiger partial charge on any atom is -0.360 e. The van der Waals surface area contributed by atoms with Crippen LogP contribution in [-0.2, 0) is 20.2 Å². The summed E-state index contributed by atoms with van der Waals surface area (Å²) >= 11 is 0. The van der Waals surface area contributed by atoms with Gasteiger partial charge in [-0.3, -0.25) is 4.72 Å². The molecule has 2 rings (SSSR count). The van der Waals surface area contributed by atoms with Gasteiger partial charge >= 0.3 is 10.2 Å². The van der Waals surface area contributed by atoms with Crippen molar-refractivity contribution >= 4 is 26.1 Å². The van der Waals surface area contributed by atoms with Gasteiger partial charge in [-0.1, -0.05) is 5.16 Å². The highest BCUT2D eigenvalue weighted by Gasteiger charge is 2.18. The van der Waals surface area contributed by atoms with Gasteiger partial charge in [0, 0.05) is 6.07 Å². The number of aromatic nitrogens is 1. The fourth-order valence-electron chi connectivity index (χ4n) is 1.39. The third kappa shape index (κ3) is 3.14.